The van der Waals surface area contributed by atoms with Crippen LogP contribution in [0.15, 0.2) is 0 Å². The Labute approximate surface area is 224 Å². The van der Waals surface area contributed by atoms with E-state index in [0.717, 1.165) is 56.6 Å². The molecule has 0 radical (unpaired) electrons. The van der Waals surface area contributed by atoms with Crippen LogP contribution in [0.1, 0.15) is 149 Å². The number of likely N-dealkylation sites (tertiary alicyclic amines) is 1. The minimum absolute atomic E-state index is 0.213. The van der Waals surface area contributed by atoms with E-state index in [0.29, 0.717) is 18.7 Å². The highest BCUT2D eigenvalue weighted by molar-refractivity contribution is 5.77. The maximum Gasteiger partial charge on any atom is 0.226 e. The monoisotopic (exact) mass is 508 g/mol. The van der Waals surface area contributed by atoms with E-state index in [1.54, 1.807) is 0 Å². The molecule has 0 aromatic carbocycles. The molecule has 5 heteroatoms. The first-order valence-electron chi connectivity index (χ1n) is 15.9. The molecule has 5 nitrogen and oxygen atoms in total. The van der Waals surface area contributed by atoms with Gasteiger partial charge in [-0.15, -0.1) is 0 Å². The molecule has 0 aliphatic carbocycles. The molecule has 0 spiro atoms. The minimum atomic E-state index is 0.213. The van der Waals surface area contributed by atoms with Gasteiger partial charge in [-0.2, -0.15) is 0 Å². The second-order valence-electron chi connectivity index (χ2n) is 11.7. The van der Waals surface area contributed by atoms with Crippen LogP contribution in [0.5, 0.6) is 0 Å². The van der Waals surface area contributed by atoms with E-state index in [2.05, 4.69) is 31.1 Å². The maximum atomic E-state index is 12.3. The highest BCUT2D eigenvalue weighted by Gasteiger charge is 2.29. The Kier molecular flexibility index (Phi) is 20.1. The Hall–Kier alpha value is -1.10. The smallest absolute Gasteiger partial charge is 0.226 e. The average molecular weight is 509 g/mol. The molecular formula is C31H62N3O2+. The van der Waals surface area contributed by atoms with Crippen molar-refractivity contribution in [3.8, 4) is 0 Å². The summed E-state index contributed by atoms with van der Waals surface area (Å²) in [4.78, 5) is 26.6. The minimum Gasteiger partial charge on any atom is -0.356 e. The van der Waals surface area contributed by atoms with Crippen LogP contribution in [0.4, 0.5) is 0 Å². The Morgan fingerprint density at radius 2 is 1.25 bits per heavy atom. The van der Waals surface area contributed by atoms with Crippen molar-refractivity contribution in [2.24, 2.45) is 0 Å². The van der Waals surface area contributed by atoms with Crippen LogP contribution in [-0.4, -0.2) is 61.1 Å². The number of rotatable bonds is 25. The summed E-state index contributed by atoms with van der Waals surface area (Å²) in [5, 5.41) is 3.15. The molecule has 36 heavy (non-hydrogen) atoms. The molecule has 1 atom stereocenters. The Bertz CT molecular complexity index is 554. The summed E-state index contributed by atoms with van der Waals surface area (Å²) < 4.78 is 0.926. The SMILES string of the molecule is CCCCCCCCCCCC(=O)NCCC[N+](C)(CCCCCCCCCC)CN1CCCC1=O. The van der Waals surface area contributed by atoms with Gasteiger partial charge in [0, 0.05) is 32.4 Å². The van der Waals surface area contributed by atoms with Crippen LogP contribution in [0, 0.1) is 0 Å². The van der Waals surface area contributed by atoms with E-state index in [4.69, 9.17) is 0 Å². The fraction of sp³-hybridized carbons (Fsp3) is 0.935. The van der Waals surface area contributed by atoms with E-state index in [1.165, 1.54) is 103 Å². The average Bonchev–Trinajstić information content (AvgIpc) is 3.26. The lowest BCUT2D eigenvalue weighted by Gasteiger charge is -2.38. The number of quaternary nitrogens is 1. The summed E-state index contributed by atoms with van der Waals surface area (Å²) in [6.07, 6.45) is 25.6. The third-order valence-corrected chi connectivity index (χ3v) is 7.94. The van der Waals surface area contributed by atoms with Crippen molar-refractivity contribution < 1.29 is 14.1 Å². The van der Waals surface area contributed by atoms with Gasteiger partial charge in [-0.1, -0.05) is 104 Å². The molecule has 0 aromatic rings. The lowest BCUT2D eigenvalue weighted by atomic mass is 10.1. The zero-order valence-electron chi connectivity index (χ0n) is 24.6. The molecule has 1 rings (SSSR count). The molecule has 0 bridgehead atoms. The fourth-order valence-corrected chi connectivity index (χ4v) is 5.52. The van der Waals surface area contributed by atoms with Crippen LogP contribution in [-0.2, 0) is 9.59 Å². The zero-order chi connectivity index (χ0) is 26.3. The van der Waals surface area contributed by atoms with E-state index in [-0.39, 0.29) is 5.91 Å². The van der Waals surface area contributed by atoms with Gasteiger partial charge in [0.05, 0.1) is 20.1 Å². The lowest BCUT2D eigenvalue weighted by Crippen LogP contribution is -2.53. The molecule has 1 fully saturated rings. The normalized spacial score (nSPS) is 15.4. The van der Waals surface area contributed by atoms with Gasteiger partial charge in [-0.05, 0) is 25.7 Å². The highest BCUT2D eigenvalue weighted by Crippen LogP contribution is 2.17. The largest absolute Gasteiger partial charge is 0.356 e. The van der Waals surface area contributed by atoms with Crippen LogP contribution in [0.25, 0.3) is 0 Å². The number of unbranched alkanes of at least 4 members (excludes halogenated alkanes) is 15. The summed E-state index contributed by atoms with van der Waals surface area (Å²) in [7, 11) is 2.32. The number of hydrogen-bond donors (Lipinski definition) is 1. The third kappa shape index (κ3) is 17.4. The van der Waals surface area contributed by atoms with Crippen molar-refractivity contribution in [2.75, 3.05) is 39.9 Å². The molecule has 1 N–H and O–H groups in total. The van der Waals surface area contributed by atoms with Crippen molar-refractivity contribution in [3.63, 3.8) is 0 Å². The number of nitrogens with zero attached hydrogens (tertiary/aromatic N) is 2. The second kappa shape index (κ2) is 21.9. The van der Waals surface area contributed by atoms with Gasteiger partial charge in [0.1, 0.15) is 0 Å². The highest BCUT2D eigenvalue weighted by atomic mass is 16.2. The first-order valence-corrected chi connectivity index (χ1v) is 15.9. The van der Waals surface area contributed by atoms with Gasteiger partial charge in [0.2, 0.25) is 11.8 Å². The molecule has 0 aromatic heterocycles. The molecule has 1 heterocycles. The standard InChI is InChI=1S/C31H61N3O2/c1-4-6-8-10-12-14-15-17-19-23-30(35)32-25-22-28-34(3,29-33-26-21-24-31(33)36)27-20-18-16-13-11-9-7-5-2/h4-29H2,1-3H3/p+1. The number of amides is 2. The third-order valence-electron chi connectivity index (χ3n) is 7.94. The van der Waals surface area contributed by atoms with Crippen molar-refractivity contribution in [1.82, 2.24) is 10.2 Å². The maximum absolute atomic E-state index is 12.3. The van der Waals surface area contributed by atoms with Crippen LogP contribution < -0.4 is 5.32 Å². The summed E-state index contributed by atoms with van der Waals surface area (Å²) >= 11 is 0. The topological polar surface area (TPSA) is 49.4 Å². The van der Waals surface area contributed by atoms with E-state index < -0.39 is 0 Å². The van der Waals surface area contributed by atoms with Crippen LogP contribution >= 0.6 is 0 Å². The van der Waals surface area contributed by atoms with Crippen molar-refractivity contribution >= 4 is 11.8 Å². The zero-order valence-corrected chi connectivity index (χ0v) is 24.6. The van der Waals surface area contributed by atoms with E-state index in [1.807, 2.05) is 0 Å². The van der Waals surface area contributed by atoms with Gasteiger partial charge in [-0.3, -0.25) is 14.5 Å². The van der Waals surface area contributed by atoms with E-state index >= 15 is 0 Å². The fourth-order valence-electron chi connectivity index (χ4n) is 5.52. The lowest BCUT2D eigenvalue weighted by molar-refractivity contribution is -0.918. The number of hydrogen-bond acceptors (Lipinski definition) is 2. The van der Waals surface area contributed by atoms with Crippen LogP contribution in [0.2, 0.25) is 0 Å². The van der Waals surface area contributed by atoms with Gasteiger partial charge >= 0.3 is 0 Å². The summed E-state index contributed by atoms with van der Waals surface area (Å²) in [6, 6.07) is 0. The first kappa shape index (κ1) is 32.9. The van der Waals surface area contributed by atoms with Crippen molar-refractivity contribution in [2.45, 2.75) is 149 Å². The van der Waals surface area contributed by atoms with Crippen molar-refractivity contribution in [3.05, 3.63) is 0 Å². The summed E-state index contributed by atoms with van der Waals surface area (Å²) in [5.74, 6) is 0.537. The predicted octanol–water partition coefficient (Wildman–Crippen LogP) is 7.58. The molecular weight excluding hydrogens is 446 g/mol. The molecule has 1 aliphatic heterocycles. The van der Waals surface area contributed by atoms with Gasteiger partial charge in [0.15, 0.2) is 6.67 Å². The Morgan fingerprint density at radius 3 is 1.78 bits per heavy atom. The quantitative estimate of drug-likeness (QED) is 0.102. The first-order chi connectivity index (χ1) is 17.5. The van der Waals surface area contributed by atoms with Crippen LogP contribution in [0.3, 0.4) is 0 Å². The second-order valence-corrected chi connectivity index (χ2v) is 11.7. The summed E-state index contributed by atoms with van der Waals surface area (Å²) in [6.45, 7) is 9.20. The number of nitrogens with one attached hydrogen (secondary N) is 1. The van der Waals surface area contributed by atoms with E-state index in [9.17, 15) is 9.59 Å². The summed E-state index contributed by atoms with van der Waals surface area (Å²) in [5.41, 5.74) is 0. The molecule has 1 unspecified atom stereocenters. The van der Waals surface area contributed by atoms with Crippen molar-refractivity contribution in [1.29, 1.82) is 0 Å². The van der Waals surface area contributed by atoms with Gasteiger partial charge < -0.3 is 9.80 Å². The molecule has 2 amide bonds. The number of carbonyl (C=O) groups excluding carboxylic acids is 2. The molecule has 1 aliphatic rings. The molecule has 212 valence electrons. The Balaban J connectivity index is 2.21. The van der Waals surface area contributed by atoms with Gasteiger partial charge in [-0.25, -0.2) is 0 Å². The van der Waals surface area contributed by atoms with Gasteiger partial charge in [0.25, 0.3) is 0 Å². The number of carbonyl (C=O) groups is 2. The predicted molar refractivity (Wildman–Crippen MR) is 154 cm³/mol. The Morgan fingerprint density at radius 1 is 0.750 bits per heavy atom. The molecule has 0 saturated carbocycles. The molecule has 1 saturated heterocycles.